The van der Waals surface area contributed by atoms with Crippen molar-refractivity contribution in [3.05, 3.63) is 65.7 Å². The Balaban J connectivity index is 1.34. The highest BCUT2D eigenvalue weighted by Crippen LogP contribution is 2.50. The maximum absolute atomic E-state index is 13.8. The summed E-state index contributed by atoms with van der Waals surface area (Å²) in [4.78, 5) is 23.2. The highest BCUT2D eigenvalue weighted by molar-refractivity contribution is 8.00. The highest BCUT2D eigenvalue weighted by Gasteiger charge is 2.53. The zero-order valence-electron chi connectivity index (χ0n) is 21.8. The first kappa shape index (κ1) is 27.3. The van der Waals surface area contributed by atoms with Crippen LogP contribution in [0.25, 0.3) is 11.3 Å². The second-order valence-corrected chi connectivity index (χ2v) is 11.1. The smallest absolute Gasteiger partial charge is 0.418 e. The number of alkyl halides is 3. The molecule has 39 heavy (non-hydrogen) atoms. The number of nitrogens with zero attached hydrogens (tertiary/aromatic N) is 3. The molecular formula is C29H31F3N4O2S. The number of nitrogens with one attached hydrogen (secondary N) is 1. The van der Waals surface area contributed by atoms with Gasteiger partial charge >= 0.3 is 12.1 Å². The second-order valence-electron chi connectivity index (χ2n) is 10.3. The molecule has 0 spiro atoms. The van der Waals surface area contributed by atoms with Gasteiger partial charge in [0, 0.05) is 30.1 Å². The van der Waals surface area contributed by atoms with Gasteiger partial charge in [-0.25, -0.2) is 9.97 Å². The lowest BCUT2D eigenvalue weighted by molar-refractivity contribution is -0.152. The predicted molar refractivity (Wildman–Crippen MR) is 147 cm³/mol. The molecule has 2 N–H and O–H groups in total. The van der Waals surface area contributed by atoms with Crippen molar-refractivity contribution in [1.29, 1.82) is 0 Å². The minimum absolute atomic E-state index is 0.119. The molecule has 2 aliphatic rings. The topological polar surface area (TPSA) is 78.3 Å². The summed E-state index contributed by atoms with van der Waals surface area (Å²) in [5.74, 6) is 0.609. The highest BCUT2D eigenvalue weighted by atomic mass is 32.2. The molecule has 5 rings (SSSR count). The molecule has 1 aliphatic heterocycles. The van der Waals surface area contributed by atoms with E-state index in [2.05, 4.69) is 21.5 Å². The number of anilines is 2. The Labute approximate surface area is 230 Å². The van der Waals surface area contributed by atoms with E-state index in [-0.39, 0.29) is 23.6 Å². The molecule has 1 saturated carbocycles. The molecule has 2 fully saturated rings. The number of benzene rings is 1. The maximum Gasteiger partial charge on any atom is 0.418 e. The molecule has 3 aromatic rings. The van der Waals surface area contributed by atoms with Gasteiger partial charge in [-0.3, -0.25) is 4.79 Å². The van der Waals surface area contributed by atoms with Gasteiger partial charge in [-0.15, -0.1) is 0 Å². The normalized spacial score (nSPS) is 22.6. The molecule has 6 nitrogen and oxygen atoms in total. The van der Waals surface area contributed by atoms with Gasteiger partial charge in [0.25, 0.3) is 0 Å². The number of aliphatic carboxylic acids is 1. The van der Waals surface area contributed by atoms with Crippen LogP contribution in [0.15, 0.2) is 59.6 Å². The van der Waals surface area contributed by atoms with E-state index in [1.165, 1.54) is 18.0 Å². The van der Waals surface area contributed by atoms with Gasteiger partial charge in [0.2, 0.25) is 0 Å². The van der Waals surface area contributed by atoms with Crippen molar-refractivity contribution in [2.45, 2.75) is 56.8 Å². The van der Waals surface area contributed by atoms with E-state index in [9.17, 15) is 23.1 Å². The van der Waals surface area contributed by atoms with E-state index in [1.807, 2.05) is 18.2 Å². The number of piperidine rings is 1. The number of aryl methyl sites for hydroxylation is 1. The number of pyridine rings is 2. The Morgan fingerprint density at radius 1 is 1.13 bits per heavy atom. The van der Waals surface area contributed by atoms with Gasteiger partial charge in [0.05, 0.1) is 17.2 Å². The van der Waals surface area contributed by atoms with E-state index in [0.29, 0.717) is 34.3 Å². The van der Waals surface area contributed by atoms with E-state index in [1.54, 1.807) is 31.2 Å². The second kappa shape index (κ2) is 11.1. The lowest BCUT2D eigenvalue weighted by atomic mass is 9.59. The first-order valence-corrected chi connectivity index (χ1v) is 14.0. The van der Waals surface area contributed by atoms with Crippen LogP contribution in [0.5, 0.6) is 0 Å². The maximum atomic E-state index is 13.8. The third-order valence-electron chi connectivity index (χ3n) is 7.93. The summed E-state index contributed by atoms with van der Waals surface area (Å²) in [6.45, 7) is 4.73. The van der Waals surface area contributed by atoms with Crippen molar-refractivity contribution in [2.75, 3.05) is 16.2 Å². The van der Waals surface area contributed by atoms with Crippen LogP contribution in [0.3, 0.4) is 0 Å². The molecule has 0 bridgehead atoms. The molecule has 4 unspecified atom stereocenters. The molecule has 10 heteroatoms. The predicted octanol–water partition coefficient (Wildman–Crippen LogP) is 7.31. The van der Waals surface area contributed by atoms with Crippen molar-refractivity contribution in [2.24, 2.45) is 17.8 Å². The monoisotopic (exact) mass is 556 g/mol. The molecule has 1 saturated heterocycles. The van der Waals surface area contributed by atoms with Crippen LogP contribution in [0.4, 0.5) is 24.8 Å². The lowest BCUT2D eigenvalue weighted by Crippen LogP contribution is -2.61. The van der Waals surface area contributed by atoms with Crippen LogP contribution < -0.4 is 9.62 Å². The minimum atomic E-state index is -4.53. The van der Waals surface area contributed by atoms with E-state index < -0.39 is 17.7 Å². The quantitative estimate of drug-likeness (QED) is 0.282. The fourth-order valence-electron chi connectivity index (χ4n) is 6.06. The number of halogens is 3. The first-order chi connectivity index (χ1) is 18.7. The standard InChI is InChI=1S/C29H31F3N4O2S/c1-3-7-18-14-15-36(22-16-20(26(18)22)28(37)38)24-10-6-11-25(34-24)39-35-23-13-12-21(29(30,31)32)27(33-23)19-9-5-4-8-17(19)2/h4-6,8-13,18,20,22,26H,3,7,14-16H2,1-2H3,(H,33,35)(H,37,38). The summed E-state index contributed by atoms with van der Waals surface area (Å²) < 4.78 is 44.3. The zero-order valence-corrected chi connectivity index (χ0v) is 22.6. The van der Waals surface area contributed by atoms with Gasteiger partial charge < -0.3 is 14.7 Å². The first-order valence-electron chi connectivity index (χ1n) is 13.2. The summed E-state index contributed by atoms with van der Waals surface area (Å²) in [6.07, 6.45) is -0.895. The number of aromatic nitrogens is 2. The number of rotatable bonds is 8. The van der Waals surface area contributed by atoms with Gasteiger partial charge in [0.1, 0.15) is 16.7 Å². The van der Waals surface area contributed by atoms with E-state index >= 15 is 0 Å². The van der Waals surface area contributed by atoms with Crippen LogP contribution in [0.1, 0.15) is 43.7 Å². The van der Waals surface area contributed by atoms with Crippen LogP contribution in [-0.4, -0.2) is 33.6 Å². The Morgan fingerprint density at radius 3 is 2.64 bits per heavy atom. The Kier molecular flexibility index (Phi) is 7.75. The molecule has 0 amide bonds. The van der Waals surface area contributed by atoms with Crippen molar-refractivity contribution in [1.82, 2.24) is 9.97 Å². The molecular weight excluding hydrogens is 525 g/mol. The van der Waals surface area contributed by atoms with E-state index in [4.69, 9.17) is 4.98 Å². The molecule has 0 radical (unpaired) electrons. The number of carboxylic acids is 1. The molecule has 1 aromatic carbocycles. The van der Waals surface area contributed by atoms with Crippen LogP contribution in [-0.2, 0) is 11.0 Å². The molecule has 206 valence electrons. The largest absolute Gasteiger partial charge is 0.481 e. The summed E-state index contributed by atoms with van der Waals surface area (Å²) in [6, 6.07) is 15.1. The van der Waals surface area contributed by atoms with Crippen molar-refractivity contribution in [3.8, 4) is 11.3 Å². The minimum Gasteiger partial charge on any atom is -0.481 e. The Morgan fingerprint density at radius 2 is 1.92 bits per heavy atom. The van der Waals surface area contributed by atoms with Gasteiger partial charge in [-0.2, -0.15) is 13.2 Å². The average molecular weight is 557 g/mol. The molecule has 1 aliphatic carbocycles. The number of hydrogen-bond donors (Lipinski definition) is 2. The molecule has 2 aromatic heterocycles. The molecule has 3 heterocycles. The zero-order chi connectivity index (χ0) is 27.7. The number of carboxylic acid groups (broad SMARTS) is 1. The number of hydrogen-bond acceptors (Lipinski definition) is 6. The number of fused-ring (bicyclic) bond motifs is 1. The van der Waals surface area contributed by atoms with Crippen molar-refractivity contribution >= 4 is 29.6 Å². The summed E-state index contributed by atoms with van der Waals surface area (Å²) in [7, 11) is 0. The van der Waals surface area contributed by atoms with Crippen LogP contribution in [0.2, 0.25) is 0 Å². The SMILES string of the molecule is CCCC1CCN(c2cccc(SNc3ccc(C(F)(F)F)c(-c4ccccc4C)n3)n2)C2CC(C(=O)O)C12. The Bertz CT molecular complexity index is 1350. The lowest BCUT2D eigenvalue weighted by Gasteiger charge is -2.56. The van der Waals surface area contributed by atoms with Crippen LogP contribution in [0, 0.1) is 24.7 Å². The summed E-state index contributed by atoms with van der Waals surface area (Å²) >= 11 is 1.18. The van der Waals surface area contributed by atoms with Gasteiger partial charge in [-0.05, 0) is 61.4 Å². The van der Waals surface area contributed by atoms with Crippen molar-refractivity contribution in [3.63, 3.8) is 0 Å². The average Bonchev–Trinajstić information content (AvgIpc) is 2.88. The van der Waals surface area contributed by atoms with Crippen molar-refractivity contribution < 1.29 is 23.1 Å². The summed E-state index contributed by atoms with van der Waals surface area (Å²) in [5.41, 5.74) is 0.233. The van der Waals surface area contributed by atoms with Gasteiger partial charge in [0.15, 0.2) is 0 Å². The van der Waals surface area contributed by atoms with Crippen LogP contribution >= 0.6 is 11.9 Å². The summed E-state index contributed by atoms with van der Waals surface area (Å²) in [5, 5.41) is 10.3. The van der Waals surface area contributed by atoms with E-state index in [0.717, 1.165) is 37.7 Å². The van der Waals surface area contributed by atoms with Gasteiger partial charge in [-0.1, -0.05) is 50.1 Å². The number of carbonyl (C=O) groups is 1. The third-order valence-corrected chi connectivity index (χ3v) is 8.68. The molecule has 4 atom stereocenters. The fourth-order valence-corrected chi connectivity index (χ4v) is 6.67. The fraction of sp³-hybridized carbons (Fsp3) is 0.414. The third kappa shape index (κ3) is 5.57. The Hall–Kier alpha value is -3.27.